The number of hydrogen-bond acceptors (Lipinski definition) is 3. The van der Waals surface area contributed by atoms with Crippen LogP contribution in [0.15, 0.2) is 47.5 Å². The van der Waals surface area contributed by atoms with Crippen LogP contribution in [0.4, 0.5) is 0 Å². The molecule has 1 aromatic heterocycles. The maximum Gasteiger partial charge on any atom is 0.162 e. The first-order valence-electron chi connectivity index (χ1n) is 8.54. The van der Waals surface area contributed by atoms with Crippen molar-refractivity contribution < 1.29 is 4.79 Å². The third-order valence-corrected chi connectivity index (χ3v) is 5.74. The summed E-state index contributed by atoms with van der Waals surface area (Å²) in [6, 6.07) is 12.4. The summed E-state index contributed by atoms with van der Waals surface area (Å²) in [5, 5.41) is 0. The highest BCUT2D eigenvalue weighted by Gasteiger charge is 2.09. The molecule has 2 heterocycles. The van der Waals surface area contributed by atoms with Crippen LogP contribution < -0.4 is 0 Å². The largest absolute Gasteiger partial charge is 0.294 e. The third-order valence-electron chi connectivity index (χ3n) is 4.30. The van der Waals surface area contributed by atoms with Gasteiger partial charge in [-0.1, -0.05) is 38.1 Å². The predicted molar refractivity (Wildman–Crippen MR) is 103 cm³/mol. The number of carbonyl (C=O) groups excluding carboxylic acids is 1. The van der Waals surface area contributed by atoms with Crippen LogP contribution in [0.5, 0.6) is 0 Å². The van der Waals surface area contributed by atoms with Crippen LogP contribution in [0, 0.1) is 0 Å². The summed E-state index contributed by atoms with van der Waals surface area (Å²) in [7, 11) is 0. The molecule has 0 spiro atoms. The summed E-state index contributed by atoms with van der Waals surface area (Å²) >= 11 is 1.88. The van der Waals surface area contributed by atoms with Gasteiger partial charge in [0.1, 0.15) is 0 Å². The molecule has 124 valence electrons. The van der Waals surface area contributed by atoms with E-state index in [0.717, 1.165) is 30.5 Å². The summed E-state index contributed by atoms with van der Waals surface area (Å²) in [4.78, 5) is 19.4. The van der Waals surface area contributed by atoms with E-state index in [0.29, 0.717) is 12.3 Å². The normalized spacial score (nSPS) is 13.5. The van der Waals surface area contributed by atoms with Crippen molar-refractivity contribution in [3.05, 3.63) is 63.4 Å². The van der Waals surface area contributed by atoms with Gasteiger partial charge < -0.3 is 0 Å². The minimum Gasteiger partial charge on any atom is -0.294 e. The lowest BCUT2D eigenvalue weighted by Crippen LogP contribution is -2.00. The number of aryl methyl sites for hydroxylation is 1. The van der Waals surface area contributed by atoms with E-state index in [1.807, 2.05) is 47.9 Å². The molecule has 0 fully saturated rings. The topological polar surface area (TPSA) is 29.4 Å². The van der Waals surface area contributed by atoms with Gasteiger partial charge in [0.05, 0.1) is 6.54 Å². The standard InChI is InChI=1S/C21H23NOS/c1-15(2)21-11-10-19(24-21)4-3-5-20(23)17-8-6-16(7-9-17)18-12-13-22-14-18/h6-13,15H,3-5,14H2,1-2H3. The zero-order valence-electron chi connectivity index (χ0n) is 14.3. The molecule has 3 rings (SSSR count). The summed E-state index contributed by atoms with van der Waals surface area (Å²) < 4.78 is 0. The second-order valence-corrected chi connectivity index (χ2v) is 7.69. The Hall–Kier alpha value is -2.00. The van der Waals surface area contributed by atoms with Crippen molar-refractivity contribution in [2.24, 2.45) is 4.99 Å². The maximum atomic E-state index is 12.3. The van der Waals surface area contributed by atoms with Crippen LogP contribution in [0.2, 0.25) is 0 Å². The Morgan fingerprint density at radius 1 is 1.17 bits per heavy atom. The van der Waals surface area contributed by atoms with Gasteiger partial charge >= 0.3 is 0 Å². The number of aliphatic imine (C=N–C) groups is 1. The molecule has 0 radical (unpaired) electrons. The van der Waals surface area contributed by atoms with Crippen molar-refractivity contribution in [1.29, 1.82) is 0 Å². The summed E-state index contributed by atoms with van der Waals surface area (Å²) in [5.41, 5.74) is 3.18. The van der Waals surface area contributed by atoms with Gasteiger partial charge in [0.15, 0.2) is 5.78 Å². The predicted octanol–water partition coefficient (Wildman–Crippen LogP) is 5.54. The number of Topliss-reactive ketones (excluding diaryl/α,β-unsaturated/α-hetero) is 1. The van der Waals surface area contributed by atoms with Crippen molar-refractivity contribution in [2.45, 2.75) is 39.0 Å². The molecule has 0 bridgehead atoms. The lowest BCUT2D eigenvalue weighted by molar-refractivity contribution is 0.0980. The minimum absolute atomic E-state index is 0.235. The highest BCUT2D eigenvalue weighted by Crippen LogP contribution is 2.25. The summed E-state index contributed by atoms with van der Waals surface area (Å²) in [5.74, 6) is 0.822. The lowest BCUT2D eigenvalue weighted by Gasteiger charge is -2.04. The van der Waals surface area contributed by atoms with Crippen LogP contribution in [-0.2, 0) is 6.42 Å². The zero-order valence-corrected chi connectivity index (χ0v) is 15.1. The fraction of sp³-hybridized carbons (Fsp3) is 0.333. The van der Waals surface area contributed by atoms with Gasteiger partial charge in [-0.2, -0.15) is 0 Å². The van der Waals surface area contributed by atoms with Gasteiger partial charge in [-0.15, -0.1) is 11.3 Å². The quantitative estimate of drug-likeness (QED) is 0.609. The van der Waals surface area contributed by atoms with E-state index in [-0.39, 0.29) is 5.78 Å². The first-order valence-corrected chi connectivity index (χ1v) is 9.36. The summed E-state index contributed by atoms with van der Waals surface area (Å²) in [6.45, 7) is 5.18. The Balaban J connectivity index is 1.51. The van der Waals surface area contributed by atoms with Gasteiger partial charge in [-0.3, -0.25) is 9.79 Å². The van der Waals surface area contributed by atoms with E-state index in [9.17, 15) is 4.79 Å². The van der Waals surface area contributed by atoms with Crippen LogP contribution >= 0.6 is 11.3 Å². The first kappa shape index (κ1) is 16.8. The molecule has 0 N–H and O–H groups in total. The molecule has 2 nitrogen and oxygen atoms in total. The molecular weight excluding hydrogens is 314 g/mol. The van der Waals surface area contributed by atoms with E-state index in [2.05, 4.69) is 31.0 Å². The molecule has 1 aliphatic rings. The van der Waals surface area contributed by atoms with E-state index in [1.54, 1.807) is 0 Å². The molecule has 0 atom stereocenters. The molecule has 0 unspecified atom stereocenters. The number of hydrogen-bond donors (Lipinski definition) is 0. The fourth-order valence-electron chi connectivity index (χ4n) is 2.81. The van der Waals surface area contributed by atoms with E-state index in [1.165, 1.54) is 15.3 Å². The highest BCUT2D eigenvalue weighted by atomic mass is 32.1. The second-order valence-electron chi connectivity index (χ2n) is 6.49. The number of rotatable bonds is 7. The van der Waals surface area contributed by atoms with Gasteiger partial charge in [-0.05, 0) is 48.1 Å². The number of benzene rings is 1. The molecule has 24 heavy (non-hydrogen) atoms. The highest BCUT2D eigenvalue weighted by molar-refractivity contribution is 7.12. The zero-order chi connectivity index (χ0) is 16.9. The van der Waals surface area contributed by atoms with Gasteiger partial charge in [-0.25, -0.2) is 0 Å². The van der Waals surface area contributed by atoms with Crippen molar-refractivity contribution in [2.75, 3.05) is 6.54 Å². The SMILES string of the molecule is CC(C)c1ccc(CCCC(=O)c2ccc(C3=CC=NC3)cc2)s1. The number of allylic oxidation sites excluding steroid dienone is 1. The smallest absolute Gasteiger partial charge is 0.162 e. The molecule has 3 heteroatoms. The van der Waals surface area contributed by atoms with E-state index < -0.39 is 0 Å². The average Bonchev–Trinajstić information content (AvgIpc) is 3.27. The Bertz CT molecular complexity index is 765. The second kappa shape index (κ2) is 7.71. The maximum absolute atomic E-state index is 12.3. The fourth-order valence-corrected chi connectivity index (χ4v) is 3.87. The number of ketones is 1. The minimum atomic E-state index is 0.235. The van der Waals surface area contributed by atoms with Gasteiger partial charge in [0, 0.05) is 28.0 Å². The molecule has 2 aromatic rings. The molecular formula is C21H23NOS. The summed E-state index contributed by atoms with van der Waals surface area (Å²) in [6.07, 6.45) is 6.38. The van der Waals surface area contributed by atoms with E-state index >= 15 is 0 Å². The van der Waals surface area contributed by atoms with Crippen molar-refractivity contribution >= 4 is 28.9 Å². The molecule has 0 saturated carbocycles. The number of nitrogens with zero attached hydrogens (tertiary/aromatic N) is 1. The molecule has 1 aromatic carbocycles. The first-order chi connectivity index (χ1) is 11.6. The van der Waals surface area contributed by atoms with Crippen LogP contribution in [-0.4, -0.2) is 18.5 Å². The number of carbonyl (C=O) groups is 1. The Morgan fingerprint density at radius 3 is 2.58 bits per heavy atom. The van der Waals surface area contributed by atoms with Crippen molar-refractivity contribution in [3.63, 3.8) is 0 Å². The molecule has 0 amide bonds. The lowest BCUT2D eigenvalue weighted by atomic mass is 10.0. The van der Waals surface area contributed by atoms with Gasteiger partial charge in [0.2, 0.25) is 0 Å². The molecule has 0 aliphatic carbocycles. The third kappa shape index (κ3) is 4.09. The molecule has 1 aliphatic heterocycles. The van der Waals surface area contributed by atoms with Crippen molar-refractivity contribution in [1.82, 2.24) is 0 Å². The monoisotopic (exact) mass is 337 g/mol. The van der Waals surface area contributed by atoms with Crippen molar-refractivity contribution in [3.8, 4) is 0 Å². The average molecular weight is 337 g/mol. The van der Waals surface area contributed by atoms with Crippen LogP contribution in [0.25, 0.3) is 5.57 Å². The Morgan fingerprint density at radius 2 is 1.96 bits per heavy atom. The van der Waals surface area contributed by atoms with Gasteiger partial charge in [0.25, 0.3) is 0 Å². The van der Waals surface area contributed by atoms with Crippen LogP contribution in [0.3, 0.4) is 0 Å². The van der Waals surface area contributed by atoms with E-state index in [4.69, 9.17) is 0 Å². The molecule has 0 saturated heterocycles. The Labute approximate surface area is 148 Å². The Kier molecular flexibility index (Phi) is 5.41. The number of thiophene rings is 1. The van der Waals surface area contributed by atoms with Crippen LogP contribution in [0.1, 0.15) is 58.3 Å².